The zero-order valence-electron chi connectivity index (χ0n) is 9.40. The van der Waals surface area contributed by atoms with Crippen LogP contribution in [0.4, 0.5) is 0 Å². The minimum absolute atomic E-state index is 0.00500. The van der Waals surface area contributed by atoms with Crippen molar-refractivity contribution in [2.24, 2.45) is 0 Å². The van der Waals surface area contributed by atoms with E-state index in [0.29, 0.717) is 0 Å². The third-order valence-electron chi connectivity index (χ3n) is 3.12. The highest BCUT2D eigenvalue weighted by molar-refractivity contribution is 5.11. The fourth-order valence-corrected chi connectivity index (χ4v) is 2.04. The first-order chi connectivity index (χ1) is 7.21. The van der Waals surface area contributed by atoms with Crippen LogP contribution in [-0.2, 0) is 5.54 Å². The number of hydrogen-bond donors (Lipinski definition) is 1. The molecule has 4 nitrogen and oxygen atoms in total. The Morgan fingerprint density at radius 1 is 1.33 bits per heavy atom. The van der Waals surface area contributed by atoms with Gasteiger partial charge in [-0.1, -0.05) is 0 Å². The van der Waals surface area contributed by atoms with Gasteiger partial charge in [-0.25, -0.2) is 9.97 Å². The van der Waals surface area contributed by atoms with E-state index in [1.165, 1.54) is 0 Å². The van der Waals surface area contributed by atoms with Crippen LogP contribution in [0.25, 0.3) is 0 Å². The summed E-state index contributed by atoms with van der Waals surface area (Å²) in [6, 6.07) is 2.00. The summed E-state index contributed by atoms with van der Waals surface area (Å²) >= 11 is 0. The average molecular weight is 206 g/mol. The van der Waals surface area contributed by atoms with E-state index in [1.54, 1.807) is 6.33 Å². The Balaban J connectivity index is 2.18. The summed E-state index contributed by atoms with van der Waals surface area (Å²) in [5, 5.41) is 3.36. The zero-order valence-corrected chi connectivity index (χ0v) is 9.40. The van der Waals surface area contributed by atoms with Gasteiger partial charge in [-0.3, -0.25) is 4.90 Å². The van der Waals surface area contributed by atoms with Gasteiger partial charge < -0.3 is 5.32 Å². The van der Waals surface area contributed by atoms with Gasteiger partial charge in [-0.05, 0) is 19.9 Å². The lowest BCUT2D eigenvalue weighted by molar-refractivity contribution is 0.0987. The molecule has 0 amide bonds. The summed E-state index contributed by atoms with van der Waals surface area (Å²) in [4.78, 5) is 10.8. The lowest BCUT2D eigenvalue weighted by Gasteiger charge is -2.40. The number of hydrogen-bond acceptors (Lipinski definition) is 4. The van der Waals surface area contributed by atoms with Crippen LogP contribution in [0.3, 0.4) is 0 Å². The molecule has 1 saturated heterocycles. The summed E-state index contributed by atoms with van der Waals surface area (Å²) in [6.07, 6.45) is 3.44. The molecule has 0 unspecified atom stereocenters. The fraction of sp³-hybridized carbons (Fsp3) is 0.636. The monoisotopic (exact) mass is 206 g/mol. The van der Waals surface area contributed by atoms with Gasteiger partial charge in [-0.15, -0.1) is 0 Å². The molecular formula is C11H18N4. The quantitative estimate of drug-likeness (QED) is 0.770. The molecule has 0 aromatic carbocycles. The zero-order chi connectivity index (χ0) is 10.7. The molecule has 0 saturated carbocycles. The molecular weight excluding hydrogens is 188 g/mol. The Morgan fingerprint density at radius 3 is 2.67 bits per heavy atom. The normalized spacial score (nSPS) is 19.1. The lowest BCUT2D eigenvalue weighted by Crippen LogP contribution is -2.52. The van der Waals surface area contributed by atoms with Crippen LogP contribution in [0.1, 0.15) is 19.5 Å². The topological polar surface area (TPSA) is 41.1 Å². The van der Waals surface area contributed by atoms with E-state index in [2.05, 4.69) is 34.0 Å². The largest absolute Gasteiger partial charge is 0.314 e. The Kier molecular flexibility index (Phi) is 2.98. The van der Waals surface area contributed by atoms with Crippen LogP contribution in [0.2, 0.25) is 0 Å². The predicted molar refractivity (Wildman–Crippen MR) is 59.5 cm³/mol. The molecule has 2 rings (SSSR count). The first-order valence-electron chi connectivity index (χ1n) is 5.43. The molecule has 1 N–H and O–H groups in total. The Hall–Kier alpha value is -1.00. The molecule has 0 bridgehead atoms. The van der Waals surface area contributed by atoms with Crippen LogP contribution in [0, 0.1) is 0 Å². The fourth-order valence-electron chi connectivity index (χ4n) is 2.04. The molecule has 1 aromatic heterocycles. The maximum absolute atomic E-state index is 4.35. The Bertz CT molecular complexity index is 304. The van der Waals surface area contributed by atoms with Gasteiger partial charge in [0.2, 0.25) is 0 Å². The molecule has 1 aliphatic rings. The van der Waals surface area contributed by atoms with Crippen LogP contribution in [-0.4, -0.2) is 41.0 Å². The maximum Gasteiger partial charge on any atom is 0.115 e. The molecule has 1 aliphatic heterocycles. The van der Waals surface area contributed by atoms with Crippen molar-refractivity contribution < 1.29 is 0 Å². The molecule has 0 radical (unpaired) electrons. The summed E-state index contributed by atoms with van der Waals surface area (Å²) in [5.41, 5.74) is 1.10. The van der Waals surface area contributed by atoms with Crippen molar-refractivity contribution in [1.29, 1.82) is 0 Å². The molecule has 4 heteroatoms. The van der Waals surface area contributed by atoms with Crippen molar-refractivity contribution in [3.63, 3.8) is 0 Å². The molecule has 0 aliphatic carbocycles. The Labute approximate surface area is 90.7 Å². The lowest BCUT2D eigenvalue weighted by atomic mass is 9.97. The Morgan fingerprint density at radius 2 is 2.07 bits per heavy atom. The highest BCUT2D eigenvalue weighted by Gasteiger charge is 2.30. The second kappa shape index (κ2) is 4.24. The van der Waals surface area contributed by atoms with Gasteiger partial charge in [0.1, 0.15) is 6.33 Å². The molecule has 15 heavy (non-hydrogen) atoms. The van der Waals surface area contributed by atoms with Gasteiger partial charge in [-0.2, -0.15) is 0 Å². The van der Waals surface area contributed by atoms with Gasteiger partial charge >= 0.3 is 0 Å². The van der Waals surface area contributed by atoms with Crippen LogP contribution < -0.4 is 5.32 Å². The molecule has 1 fully saturated rings. The molecule has 0 atom stereocenters. The third kappa shape index (κ3) is 2.16. The van der Waals surface area contributed by atoms with Crippen LogP contribution >= 0.6 is 0 Å². The average Bonchev–Trinajstić information content (AvgIpc) is 2.31. The number of nitrogens with one attached hydrogen (secondary N) is 1. The van der Waals surface area contributed by atoms with Crippen molar-refractivity contribution in [3.05, 3.63) is 24.3 Å². The molecule has 0 spiro atoms. The predicted octanol–water partition coefficient (Wildman–Crippen LogP) is 0.617. The van der Waals surface area contributed by atoms with Gasteiger partial charge in [0.15, 0.2) is 0 Å². The van der Waals surface area contributed by atoms with Gasteiger partial charge in [0.25, 0.3) is 0 Å². The summed E-state index contributed by atoms with van der Waals surface area (Å²) in [7, 11) is 0. The first-order valence-corrected chi connectivity index (χ1v) is 5.43. The number of aromatic nitrogens is 2. The third-order valence-corrected chi connectivity index (χ3v) is 3.12. The van der Waals surface area contributed by atoms with E-state index < -0.39 is 0 Å². The second-order valence-electron chi connectivity index (χ2n) is 4.39. The summed E-state index contributed by atoms with van der Waals surface area (Å²) < 4.78 is 0. The second-order valence-corrected chi connectivity index (χ2v) is 4.39. The van der Waals surface area contributed by atoms with E-state index in [4.69, 9.17) is 0 Å². The van der Waals surface area contributed by atoms with Crippen molar-refractivity contribution in [3.8, 4) is 0 Å². The minimum Gasteiger partial charge on any atom is -0.314 e. The SMILES string of the molecule is CC(C)(c1ccncn1)N1CCNCC1. The van der Waals surface area contributed by atoms with Crippen LogP contribution in [0.5, 0.6) is 0 Å². The van der Waals surface area contributed by atoms with Crippen molar-refractivity contribution in [2.45, 2.75) is 19.4 Å². The van der Waals surface area contributed by atoms with Crippen molar-refractivity contribution >= 4 is 0 Å². The first kappa shape index (κ1) is 10.5. The van der Waals surface area contributed by atoms with E-state index in [-0.39, 0.29) is 5.54 Å². The van der Waals surface area contributed by atoms with Crippen molar-refractivity contribution in [1.82, 2.24) is 20.2 Å². The summed E-state index contributed by atoms with van der Waals surface area (Å²) in [6.45, 7) is 8.73. The maximum atomic E-state index is 4.35. The van der Waals surface area contributed by atoms with E-state index in [0.717, 1.165) is 31.9 Å². The number of piperazine rings is 1. The van der Waals surface area contributed by atoms with Crippen molar-refractivity contribution in [2.75, 3.05) is 26.2 Å². The van der Waals surface area contributed by atoms with Gasteiger partial charge in [0.05, 0.1) is 11.2 Å². The van der Waals surface area contributed by atoms with E-state index in [1.807, 2.05) is 12.3 Å². The molecule has 2 heterocycles. The highest BCUT2D eigenvalue weighted by atomic mass is 15.2. The van der Waals surface area contributed by atoms with Crippen LogP contribution in [0.15, 0.2) is 18.6 Å². The summed E-state index contributed by atoms with van der Waals surface area (Å²) in [5.74, 6) is 0. The van der Waals surface area contributed by atoms with Gasteiger partial charge in [0, 0.05) is 32.4 Å². The van der Waals surface area contributed by atoms with E-state index >= 15 is 0 Å². The standard InChI is InChI=1S/C11H18N4/c1-11(2,10-3-4-13-9-14-10)15-7-5-12-6-8-15/h3-4,9,12H,5-8H2,1-2H3. The molecule has 1 aromatic rings. The smallest absolute Gasteiger partial charge is 0.115 e. The molecule has 82 valence electrons. The van der Waals surface area contributed by atoms with E-state index in [9.17, 15) is 0 Å². The minimum atomic E-state index is 0.00500. The number of nitrogens with zero attached hydrogens (tertiary/aromatic N) is 3. The number of rotatable bonds is 2. The highest BCUT2D eigenvalue weighted by Crippen LogP contribution is 2.25.